The van der Waals surface area contributed by atoms with E-state index in [0.717, 1.165) is 5.56 Å². The van der Waals surface area contributed by atoms with Crippen LogP contribution in [-0.4, -0.2) is 45.0 Å². The highest BCUT2D eigenvalue weighted by Crippen LogP contribution is 2.30. The van der Waals surface area contributed by atoms with E-state index in [0.29, 0.717) is 29.1 Å². The predicted octanol–water partition coefficient (Wildman–Crippen LogP) is 2.67. The molecule has 2 heterocycles. The summed E-state index contributed by atoms with van der Waals surface area (Å²) in [6.07, 6.45) is 2.95. The molecule has 148 valence electrons. The van der Waals surface area contributed by atoms with Crippen molar-refractivity contribution in [3.05, 3.63) is 59.9 Å². The van der Waals surface area contributed by atoms with Crippen LogP contribution in [0.2, 0.25) is 0 Å². The Bertz CT molecular complexity index is 1050. The number of methoxy groups -OCH3 is 1. The third kappa shape index (κ3) is 4.42. The summed E-state index contributed by atoms with van der Waals surface area (Å²) in [5, 5.41) is 26.5. The number of pyridine rings is 1. The number of nitriles is 1. The number of hydrogen-bond donors (Lipinski definition) is 2. The second kappa shape index (κ2) is 8.12. The van der Waals surface area contributed by atoms with Gasteiger partial charge in [-0.05, 0) is 43.7 Å². The molecule has 3 rings (SSSR count). The first-order valence-electron chi connectivity index (χ1n) is 8.90. The number of nitrogens with zero attached hydrogens (tertiary/aromatic N) is 4. The van der Waals surface area contributed by atoms with Gasteiger partial charge in [-0.1, -0.05) is 12.1 Å². The molecule has 0 atom stereocenters. The van der Waals surface area contributed by atoms with Gasteiger partial charge in [0.05, 0.1) is 41.1 Å². The van der Waals surface area contributed by atoms with Gasteiger partial charge in [-0.2, -0.15) is 15.0 Å². The van der Waals surface area contributed by atoms with Crippen molar-refractivity contribution in [2.75, 3.05) is 13.7 Å². The van der Waals surface area contributed by atoms with Crippen LogP contribution in [0.3, 0.4) is 0 Å². The molecule has 0 saturated carbocycles. The van der Waals surface area contributed by atoms with E-state index in [-0.39, 0.29) is 11.8 Å². The Morgan fingerprint density at radius 2 is 1.97 bits per heavy atom. The number of hydrogen-bond acceptors (Lipinski definition) is 6. The van der Waals surface area contributed by atoms with Crippen LogP contribution in [0.25, 0.3) is 16.9 Å². The van der Waals surface area contributed by atoms with Crippen LogP contribution in [0.15, 0.2) is 48.8 Å². The quantitative estimate of drug-likeness (QED) is 0.668. The summed E-state index contributed by atoms with van der Waals surface area (Å²) < 4.78 is 6.38. The zero-order chi connectivity index (χ0) is 21.0. The van der Waals surface area contributed by atoms with Gasteiger partial charge in [-0.15, -0.1) is 0 Å². The van der Waals surface area contributed by atoms with Gasteiger partial charge in [-0.3, -0.25) is 4.79 Å². The fraction of sp³-hybridized carbons (Fsp3) is 0.238. The molecule has 1 amide bonds. The number of benzene rings is 1. The van der Waals surface area contributed by atoms with Crippen LogP contribution < -0.4 is 5.32 Å². The molecule has 2 N–H and O–H groups in total. The van der Waals surface area contributed by atoms with Gasteiger partial charge in [0, 0.05) is 13.3 Å². The van der Waals surface area contributed by atoms with Crippen LogP contribution in [0.5, 0.6) is 5.88 Å². The molecule has 0 aliphatic rings. The summed E-state index contributed by atoms with van der Waals surface area (Å²) in [6, 6.07) is 12.1. The number of carbonyl (C=O) groups excluding carboxylic acids is 1. The highest BCUT2D eigenvalue weighted by atomic mass is 16.5. The van der Waals surface area contributed by atoms with Crippen LogP contribution in [-0.2, 0) is 4.74 Å². The van der Waals surface area contributed by atoms with E-state index >= 15 is 0 Å². The molecule has 0 radical (unpaired) electrons. The van der Waals surface area contributed by atoms with Crippen molar-refractivity contribution >= 4 is 5.91 Å². The van der Waals surface area contributed by atoms with E-state index in [2.05, 4.69) is 21.5 Å². The number of nitrogens with one attached hydrogen (secondary N) is 1. The molecule has 8 nitrogen and oxygen atoms in total. The van der Waals surface area contributed by atoms with Gasteiger partial charge >= 0.3 is 0 Å². The predicted molar refractivity (Wildman–Crippen MR) is 107 cm³/mol. The average molecular weight is 391 g/mol. The standard InChI is InChI=1S/C21H21N5O3/c1-21(2,13-29-3)25-19(27)16-8-9-18(23-11-16)26-20(28)17(12-24-26)15-6-4-14(10-22)5-7-15/h4-9,11-12,28H,13H2,1-3H3,(H,25,27). The monoisotopic (exact) mass is 391 g/mol. The lowest BCUT2D eigenvalue weighted by Crippen LogP contribution is -2.46. The van der Waals surface area contributed by atoms with Crippen LogP contribution in [0.4, 0.5) is 0 Å². The van der Waals surface area contributed by atoms with Crippen molar-refractivity contribution in [2.24, 2.45) is 0 Å². The number of carbonyl (C=O) groups is 1. The third-order valence-corrected chi connectivity index (χ3v) is 4.25. The number of ether oxygens (including phenoxy) is 1. The van der Waals surface area contributed by atoms with Crippen molar-refractivity contribution in [2.45, 2.75) is 19.4 Å². The van der Waals surface area contributed by atoms with Crippen molar-refractivity contribution in [1.82, 2.24) is 20.1 Å². The minimum absolute atomic E-state index is 0.0827. The number of aromatic hydroxyl groups is 1. The first kappa shape index (κ1) is 20.0. The Balaban J connectivity index is 1.81. The fourth-order valence-electron chi connectivity index (χ4n) is 2.86. The highest BCUT2D eigenvalue weighted by molar-refractivity contribution is 5.94. The maximum atomic E-state index is 12.4. The van der Waals surface area contributed by atoms with E-state index < -0.39 is 5.54 Å². The number of aromatic nitrogens is 3. The smallest absolute Gasteiger partial charge is 0.253 e. The zero-order valence-corrected chi connectivity index (χ0v) is 16.4. The molecular formula is C21H21N5O3. The van der Waals surface area contributed by atoms with E-state index in [1.54, 1.807) is 43.5 Å². The van der Waals surface area contributed by atoms with Crippen molar-refractivity contribution in [1.29, 1.82) is 5.26 Å². The molecule has 0 aliphatic carbocycles. The Morgan fingerprint density at radius 1 is 1.24 bits per heavy atom. The molecule has 0 aliphatic heterocycles. The first-order chi connectivity index (χ1) is 13.8. The second-order valence-electron chi connectivity index (χ2n) is 7.16. The van der Waals surface area contributed by atoms with E-state index in [1.807, 2.05) is 13.8 Å². The normalized spacial score (nSPS) is 11.1. The van der Waals surface area contributed by atoms with Crippen molar-refractivity contribution in [3.63, 3.8) is 0 Å². The topological polar surface area (TPSA) is 113 Å². The first-order valence-corrected chi connectivity index (χ1v) is 8.90. The van der Waals surface area contributed by atoms with E-state index in [9.17, 15) is 9.90 Å². The molecule has 0 bridgehead atoms. The second-order valence-corrected chi connectivity index (χ2v) is 7.16. The summed E-state index contributed by atoms with van der Waals surface area (Å²) in [6.45, 7) is 4.11. The highest BCUT2D eigenvalue weighted by Gasteiger charge is 2.21. The van der Waals surface area contributed by atoms with Crippen molar-refractivity contribution in [3.8, 4) is 28.9 Å². The van der Waals surface area contributed by atoms with E-state index in [1.165, 1.54) is 17.1 Å². The lowest BCUT2D eigenvalue weighted by molar-refractivity contribution is 0.0819. The summed E-state index contributed by atoms with van der Waals surface area (Å²) in [5.41, 5.74) is 1.64. The van der Waals surface area contributed by atoms with Crippen LogP contribution >= 0.6 is 0 Å². The van der Waals surface area contributed by atoms with Gasteiger partial charge in [0.1, 0.15) is 0 Å². The van der Waals surface area contributed by atoms with Crippen LogP contribution in [0, 0.1) is 11.3 Å². The molecule has 29 heavy (non-hydrogen) atoms. The minimum Gasteiger partial charge on any atom is -0.493 e. The lowest BCUT2D eigenvalue weighted by Gasteiger charge is -2.25. The van der Waals surface area contributed by atoms with Gasteiger partial charge in [0.15, 0.2) is 5.82 Å². The molecular weight excluding hydrogens is 370 g/mol. The molecule has 1 aromatic carbocycles. The molecule has 0 fully saturated rings. The summed E-state index contributed by atoms with van der Waals surface area (Å²) >= 11 is 0. The van der Waals surface area contributed by atoms with Gasteiger partial charge in [0.25, 0.3) is 5.91 Å². The Labute approximate surface area is 168 Å². The Hall–Kier alpha value is -3.70. The van der Waals surface area contributed by atoms with Gasteiger partial charge in [-0.25, -0.2) is 4.98 Å². The molecule has 8 heteroatoms. The minimum atomic E-state index is -0.513. The lowest BCUT2D eigenvalue weighted by atomic mass is 10.1. The maximum Gasteiger partial charge on any atom is 0.253 e. The summed E-state index contributed by atoms with van der Waals surface area (Å²) in [7, 11) is 1.58. The van der Waals surface area contributed by atoms with Crippen molar-refractivity contribution < 1.29 is 14.6 Å². The third-order valence-electron chi connectivity index (χ3n) is 4.25. The average Bonchev–Trinajstić information content (AvgIpc) is 3.09. The van der Waals surface area contributed by atoms with E-state index in [4.69, 9.17) is 10.00 Å². The van der Waals surface area contributed by atoms with Crippen LogP contribution in [0.1, 0.15) is 29.8 Å². The van der Waals surface area contributed by atoms with Gasteiger partial charge < -0.3 is 15.2 Å². The number of amides is 1. The molecule has 0 saturated heterocycles. The maximum absolute atomic E-state index is 12.4. The molecule has 3 aromatic rings. The molecule has 0 spiro atoms. The Morgan fingerprint density at radius 3 is 2.55 bits per heavy atom. The summed E-state index contributed by atoms with van der Waals surface area (Å²) in [5.74, 6) is 0.0183. The SMILES string of the molecule is COCC(C)(C)NC(=O)c1ccc(-n2ncc(-c3ccc(C#N)cc3)c2O)nc1. The van der Waals surface area contributed by atoms with Gasteiger partial charge in [0.2, 0.25) is 5.88 Å². The zero-order valence-electron chi connectivity index (χ0n) is 16.4. The molecule has 2 aromatic heterocycles. The fourth-order valence-corrected chi connectivity index (χ4v) is 2.86. The largest absolute Gasteiger partial charge is 0.493 e. The summed E-state index contributed by atoms with van der Waals surface area (Å²) in [4.78, 5) is 16.6. The number of rotatable bonds is 6. The molecule has 0 unspecified atom stereocenters. The Kier molecular flexibility index (Phi) is 5.61.